The van der Waals surface area contributed by atoms with Crippen LogP contribution >= 0.6 is 0 Å². The van der Waals surface area contributed by atoms with Gasteiger partial charge in [0.1, 0.15) is 6.04 Å². The molecule has 0 aliphatic rings. The molecule has 0 fully saturated rings. The molecule has 0 rings (SSSR count). The van der Waals surface area contributed by atoms with Crippen molar-refractivity contribution < 1.29 is 24.5 Å². The van der Waals surface area contributed by atoms with Gasteiger partial charge in [0.25, 0.3) is 0 Å². The van der Waals surface area contributed by atoms with E-state index in [-0.39, 0.29) is 6.42 Å². The first-order valence-corrected chi connectivity index (χ1v) is 8.97. The number of amides is 1. The second-order valence-electron chi connectivity index (χ2n) is 7.07. The number of ether oxygens (including phenoxy) is 1. The minimum absolute atomic E-state index is 0.0967. The molecule has 0 saturated carbocycles. The van der Waals surface area contributed by atoms with Crippen molar-refractivity contribution in [3.63, 3.8) is 0 Å². The topological polar surface area (TPSA) is 95.9 Å². The fraction of sp³-hybridized carbons (Fsp3) is 0.889. The van der Waals surface area contributed by atoms with Crippen LogP contribution in [0.15, 0.2) is 0 Å². The van der Waals surface area contributed by atoms with E-state index in [1.807, 2.05) is 0 Å². The number of unbranched alkanes of at least 4 members (excludes halogenated alkanes) is 4. The van der Waals surface area contributed by atoms with Crippen molar-refractivity contribution in [1.82, 2.24) is 5.32 Å². The van der Waals surface area contributed by atoms with Crippen LogP contribution in [0.3, 0.4) is 0 Å². The number of methoxy groups -OCH3 is 1. The van der Waals surface area contributed by atoms with E-state index in [0.29, 0.717) is 19.3 Å². The maximum absolute atomic E-state index is 11.9. The van der Waals surface area contributed by atoms with Gasteiger partial charge in [-0.15, -0.1) is 0 Å². The van der Waals surface area contributed by atoms with Crippen LogP contribution in [0.25, 0.3) is 0 Å². The van der Waals surface area contributed by atoms with E-state index in [1.54, 1.807) is 0 Å². The number of rotatable bonds is 13. The van der Waals surface area contributed by atoms with Crippen molar-refractivity contribution in [1.29, 1.82) is 0 Å². The third kappa shape index (κ3) is 12.3. The largest absolute Gasteiger partial charge is 0.467 e. The summed E-state index contributed by atoms with van der Waals surface area (Å²) in [4.78, 5) is 23.6. The van der Waals surface area contributed by atoms with Crippen molar-refractivity contribution in [2.45, 2.75) is 96.3 Å². The minimum atomic E-state index is -1.14. The van der Waals surface area contributed by atoms with Crippen LogP contribution in [0, 0.1) is 0 Å². The van der Waals surface area contributed by atoms with Crippen molar-refractivity contribution in [2.75, 3.05) is 7.11 Å². The monoisotopic (exact) mass is 345 g/mol. The number of esters is 1. The van der Waals surface area contributed by atoms with Gasteiger partial charge in [-0.25, -0.2) is 4.79 Å². The number of carbonyl (C=O) groups excluding carboxylic acids is 2. The fourth-order valence-electron chi connectivity index (χ4n) is 2.52. The van der Waals surface area contributed by atoms with Gasteiger partial charge in [-0.3, -0.25) is 4.79 Å². The molecule has 0 aliphatic carbocycles. The first kappa shape index (κ1) is 22.9. The van der Waals surface area contributed by atoms with Crippen LogP contribution in [0.2, 0.25) is 0 Å². The van der Waals surface area contributed by atoms with Gasteiger partial charge >= 0.3 is 5.97 Å². The number of hydrogen-bond acceptors (Lipinski definition) is 5. The van der Waals surface area contributed by atoms with E-state index < -0.39 is 29.6 Å². The summed E-state index contributed by atoms with van der Waals surface area (Å²) in [7, 11) is 1.27. The van der Waals surface area contributed by atoms with Gasteiger partial charge in [0.15, 0.2) is 0 Å². The number of nitrogens with one attached hydrogen (secondary N) is 1. The maximum atomic E-state index is 11.9. The summed E-state index contributed by atoms with van der Waals surface area (Å²) >= 11 is 0. The van der Waals surface area contributed by atoms with Gasteiger partial charge in [0, 0.05) is 0 Å². The third-order valence-corrected chi connectivity index (χ3v) is 3.84. The zero-order chi connectivity index (χ0) is 18.6. The summed E-state index contributed by atoms with van der Waals surface area (Å²) in [5.41, 5.74) is -1.14. The van der Waals surface area contributed by atoms with Gasteiger partial charge in [0.05, 0.1) is 25.2 Å². The second kappa shape index (κ2) is 12.3. The average molecular weight is 345 g/mol. The van der Waals surface area contributed by atoms with Crippen molar-refractivity contribution in [3.05, 3.63) is 0 Å². The zero-order valence-electron chi connectivity index (χ0n) is 15.6. The summed E-state index contributed by atoms with van der Waals surface area (Å²) in [6.45, 7) is 5.22. The molecular formula is C18H35NO5. The standard InChI is InChI=1S/C18H35NO5/c1-5-6-7-8-9-10-14(20)11-12-15(17(22)24-4)19-16(21)13-18(2,3)23/h14-15,20,23H,5-13H2,1-4H3,(H,19,21)/t14?,15-/m0/s1. The quantitative estimate of drug-likeness (QED) is 0.352. The summed E-state index contributed by atoms with van der Waals surface area (Å²) in [6, 6.07) is -0.792. The molecule has 24 heavy (non-hydrogen) atoms. The summed E-state index contributed by atoms with van der Waals surface area (Å²) in [5, 5.41) is 22.3. The molecule has 0 radical (unpaired) electrons. The van der Waals surface area contributed by atoms with Crippen molar-refractivity contribution in [3.8, 4) is 0 Å². The Kier molecular flexibility index (Phi) is 11.7. The first-order chi connectivity index (χ1) is 11.2. The molecule has 0 heterocycles. The number of aliphatic hydroxyl groups excluding tert-OH is 1. The van der Waals surface area contributed by atoms with Gasteiger partial charge < -0.3 is 20.3 Å². The lowest BCUT2D eigenvalue weighted by atomic mass is 10.0. The minimum Gasteiger partial charge on any atom is -0.467 e. The molecule has 1 unspecified atom stereocenters. The Morgan fingerprint density at radius 1 is 1.08 bits per heavy atom. The Morgan fingerprint density at radius 2 is 1.71 bits per heavy atom. The van der Waals surface area contributed by atoms with E-state index >= 15 is 0 Å². The molecule has 142 valence electrons. The summed E-state index contributed by atoms with van der Waals surface area (Å²) < 4.78 is 4.70. The number of hydrogen-bond donors (Lipinski definition) is 3. The summed E-state index contributed by atoms with van der Waals surface area (Å²) in [5.74, 6) is -0.943. The molecule has 2 atom stereocenters. The van der Waals surface area contributed by atoms with Gasteiger partial charge in [-0.2, -0.15) is 0 Å². The van der Waals surface area contributed by atoms with Gasteiger partial charge in [-0.05, 0) is 33.1 Å². The van der Waals surface area contributed by atoms with E-state index in [0.717, 1.165) is 12.8 Å². The van der Waals surface area contributed by atoms with Crippen LogP contribution < -0.4 is 5.32 Å². The lowest BCUT2D eigenvalue weighted by Crippen LogP contribution is -2.44. The Hall–Kier alpha value is -1.14. The Balaban J connectivity index is 4.24. The molecule has 0 aromatic carbocycles. The molecule has 0 aliphatic heterocycles. The normalized spacial score (nSPS) is 14.1. The van der Waals surface area contributed by atoms with E-state index in [2.05, 4.69) is 12.2 Å². The maximum Gasteiger partial charge on any atom is 0.328 e. The SMILES string of the molecule is CCCCCCCC(O)CC[C@H](NC(=O)CC(C)(C)O)C(=O)OC. The molecular weight excluding hydrogens is 310 g/mol. The molecule has 0 saturated heterocycles. The molecule has 0 spiro atoms. The van der Waals surface area contributed by atoms with Gasteiger partial charge in [0.2, 0.25) is 5.91 Å². The average Bonchev–Trinajstić information content (AvgIpc) is 2.48. The van der Waals surface area contributed by atoms with Crippen LogP contribution in [-0.4, -0.2) is 46.9 Å². The van der Waals surface area contributed by atoms with Crippen LogP contribution in [-0.2, 0) is 14.3 Å². The molecule has 3 N–H and O–H groups in total. The molecule has 6 heteroatoms. The van der Waals surface area contributed by atoms with Gasteiger partial charge in [-0.1, -0.05) is 39.0 Å². The molecule has 6 nitrogen and oxygen atoms in total. The Morgan fingerprint density at radius 3 is 2.25 bits per heavy atom. The smallest absolute Gasteiger partial charge is 0.328 e. The lowest BCUT2D eigenvalue weighted by molar-refractivity contribution is -0.146. The van der Waals surface area contributed by atoms with E-state index in [4.69, 9.17) is 4.74 Å². The van der Waals surface area contributed by atoms with Crippen LogP contribution in [0.1, 0.15) is 78.6 Å². The molecule has 0 aromatic heterocycles. The van der Waals surface area contributed by atoms with E-state index in [1.165, 1.54) is 40.2 Å². The molecule has 0 aromatic rings. The molecule has 1 amide bonds. The Labute approximate surface area is 146 Å². The first-order valence-electron chi connectivity index (χ1n) is 8.97. The highest BCUT2D eigenvalue weighted by Crippen LogP contribution is 2.13. The summed E-state index contributed by atoms with van der Waals surface area (Å²) in [6.07, 6.45) is 6.53. The van der Waals surface area contributed by atoms with Crippen LogP contribution in [0.5, 0.6) is 0 Å². The Bertz CT molecular complexity index is 365. The highest BCUT2D eigenvalue weighted by atomic mass is 16.5. The highest BCUT2D eigenvalue weighted by Gasteiger charge is 2.25. The second-order valence-corrected chi connectivity index (χ2v) is 7.07. The van der Waals surface area contributed by atoms with Crippen molar-refractivity contribution >= 4 is 11.9 Å². The highest BCUT2D eigenvalue weighted by molar-refractivity contribution is 5.84. The van der Waals surface area contributed by atoms with Crippen LogP contribution in [0.4, 0.5) is 0 Å². The predicted molar refractivity (Wildman–Crippen MR) is 93.5 cm³/mol. The number of carbonyl (C=O) groups is 2. The van der Waals surface area contributed by atoms with Crippen molar-refractivity contribution in [2.24, 2.45) is 0 Å². The predicted octanol–water partition coefficient (Wildman–Crippen LogP) is 2.31. The van der Waals surface area contributed by atoms with E-state index in [9.17, 15) is 19.8 Å². The fourth-order valence-corrected chi connectivity index (χ4v) is 2.52. The zero-order valence-corrected chi connectivity index (χ0v) is 15.6. The number of aliphatic hydroxyl groups is 2. The lowest BCUT2D eigenvalue weighted by Gasteiger charge is -2.21. The third-order valence-electron chi connectivity index (χ3n) is 3.84. The molecule has 0 bridgehead atoms.